The minimum atomic E-state index is -3.03. The summed E-state index contributed by atoms with van der Waals surface area (Å²) in [5.41, 5.74) is 2.12. The Kier molecular flexibility index (Phi) is 7.60. The van der Waals surface area contributed by atoms with E-state index in [0.717, 1.165) is 27.6 Å². The third-order valence-corrected chi connectivity index (χ3v) is 16.2. The molecule has 0 fully saturated rings. The first-order valence-corrected chi connectivity index (χ1v) is 22.9. The van der Waals surface area contributed by atoms with Gasteiger partial charge in [-0.2, -0.15) is 0 Å². The highest BCUT2D eigenvalue weighted by molar-refractivity contribution is 6.98. The highest BCUT2D eigenvalue weighted by Gasteiger charge is 2.43. The summed E-state index contributed by atoms with van der Waals surface area (Å²) in [6.07, 6.45) is 0. The quantitative estimate of drug-likeness (QED) is 0.163. The molecule has 1 heterocycles. The van der Waals surface area contributed by atoms with E-state index in [-0.39, 0.29) is 6.92 Å². The van der Waals surface area contributed by atoms with Gasteiger partial charge in [0.25, 0.3) is 0 Å². The van der Waals surface area contributed by atoms with E-state index < -0.39 is 8.32 Å². The molecule has 0 aromatic heterocycles. The predicted molar refractivity (Wildman–Crippen MR) is 252 cm³/mol. The first-order valence-electron chi connectivity index (χ1n) is 20.4. The third-order valence-electron chi connectivity index (χ3n) is 12.7. The van der Waals surface area contributed by atoms with Gasteiger partial charge in [-0.05, 0) is 104 Å². The van der Waals surface area contributed by atoms with Gasteiger partial charge in [0.1, 0.15) is 11.5 Å². The Hall–Kier alpha value is -7.14. The molecule has 0 radical (unpaired) electrons. The van der Waals surface area contributed by atoms with Crippen molar-refractivity contribution in [2.75, 3.05) is 0 Å². The lowest BCUT2D eigenvalue weighted by Crippen LogP contribution is -2.64. The molecule has 1 atom stereocenters. The minimum Gasteiger partial charge on any atom is -0.551 e. The molecule has 0 saturated heterocycles. The van der Waals surface area contributed by atoms with Gasteiger partial charge < -0.3 is 9.08 Å². The van der Waals surface area contributed by atoms with Crippen LogP contribution in [0.4, 0.5) is 0 Å². The van der Waals surface area contributed by atoms with E-state index in [1.807, 2.05) is 0 Å². The second-order valence-corrected chi connectivity index (χ2v) is 19.3. The third kappa shape index (κ3) is 5.13. The van der Waals surface area contributed by atoms with Crippen LogP contribution in [0.3, 0.4) is 0 Å². The molecule has 9 aromatic carbocycles. The highest BCUT2D eigenvalue weighted by Crippen LogP contribution is 2.38. The van der Waals surface area contributed by atoms with E-state index >= 15 is 0 Å². The molecule has 0 bridgehead atoms. The van der Waals surface area contributed by atoms with E-state index in [2.05, 4.69) is 213 Å². The lowest BCUT2D eigenvalue weighted by atomic mass is 9.55. The molecule has 1 unspecified atom stereocenters. The van der Waals surface area contributed by atoms with Gasteiger partial charge in [0, 0.05) is 10.6 Å². The van der Waals surface area contributed by atoms with E-state index in [0.29, 0.717) is 0 Å². The van der Waals surface area contributed by atoms with Gasteiger partial charge in [0.15, 0.2) is 0 Å². The van der Waals surface area contributed by atoms with E-state index in [1.54, 1.807) is 0 Å². The van der Waals surface area contributed by atoms with Gasteiger partial charge in [-0.25, -0.2) is 0 Å². The summed E-state index contributed by atoms with van der Waals surface area (Å²) in [5, 5.41) is 19.6. The maximum absolute atomic E-state index is 7.58. The number of hydrogen-bond acceptors (Lipinski definition) is 2. The molecule has 0 N–H and O–H groups in total. The molecule has 2 nitrogen and oxygen atoms in total. The van der Waals surface area contributed by atoms with Crippen molar-refractivity contribution < 1.29 is 9.08 Å². The van der Waals surface area contributed by atoms with Crippen LogP contribution < -0.4 is 30.4 Å². The number of fused-ring (bicyclic) bond motifs is 12. The zero-order valence-corrected chi connectivity index (χ0v) is 33.5. The molecule has 0 saturated carbocycles. The fraction of sp³-hybridized carbons (Fsp3) is 0.0182. The first-order chi connectivity index (χ1) is 29.2. The van der Waals surface area contributed by atoms with Gasteiger partial charge in [0.05, 0.1) is 0 Å². The highest BCUT2D eigenvalue weighted by atomic mass is 28.4. The smallest absolute Gasteiger partial charge is 0.430 e. The monoisotopic (exact) mass is 768 g/mol. The largest absolute Gasteiger partial charge is 0.551 e. The first kappa shape index (κ1) is 34.0. The summed E-state index contributed by atoms with van der Waals surface area (Å²) in [5.74, 6) is 1.72. The van der Waals surface area contributed by atoms with E-state index in [1.165, 1.54) is 80.3 Å². The minimum absolute atomic E-state index is 0.314. The van der Waals surface area contributed by atoms with Crippen LogP contribution in [0.5, 0.6) is 11.5 Å². The van der Waals surface area contributed by atoms with Gasteiger partial charge >= 0.3 is 15.2 Å². The predicted octanol–water partition coefficient (Wildman–Crippen LogP) is 11.2. The molecule has 3 aliphatic rings. The average Bonchev–Trinajstić information content (AvgIpc) is 3.29. The van der Waals surface area contributed by atoms with Crippen molar-refractivity contribution >= 4 is 101 Å². The second kappa shape index (κ2) is 13.2. The van der Waals surface area contributed by atoms with Crippen LogP contribution in [-0.4, -0.2) is 15.2 Å². The van der Waals surface area contributed by atoms with Crippen LogP contribution in [0, 0.1) is 10.4 Å². The van der Waals surface area contributed by atoms with Crippen LogP contribution in [0.2, 0.25) is 6.55 Å². The Labute approximate surface area is 343 Å². The molecule has 0 spiro atoms. The number of hydrogen-bond donors (Lipinski definition) is 0. The fourth-order valence-electron chi connectivity index (χ4n) is 10.0. The number of benzene rings is 9. The van der Waals surface area contributed by atoms with Gasteiger partial charge in [-0.15, -0.1) is 0 Å². The fourth-order valence-corrected chi connectivity index (χ4v) is 13.0. The zero-order valence-electron chi connectivity index (χ0n) is 32.5. The van der Waals surface area contributed by atoms with Crippen molar-refractivity contribution in [2.24, 2.45) is 0 Å². The maximum Gasteiger partial charge on any atom is 0.430 e. The molecular formula is C55H37BO2Si. The number of para-hydroxylation sites is 2. The zero-order chi connectivity index (χ0) is 39.1. The normalized spacial score (nSPS) is 15.2. The molecule has 1 aliphatic heterocycles. The lowest BCUT2D eigenvalue weighted by molar-refractivity contribution is 0.551. The van der Waals surface area contributed by atoms with Crippen LogP contribution >= 0.6 is 0 Å². The van der Waals surface area contributed by atoms with Gasteiger partial charge in [-0.1, -0.05) is 194 Å². The topological polar surface area (TPSA) is 18.5 Å². The van der Waals surface area contributed by atoms with E-state index in [9.17, 15) is 0 Å². The van der Waals surface area contributed by atoms with Crippen LogP contribution in [0.25, 0.3) is 64.6 Å². The van der Waals surface area contributed by atoms with Crippen molar-refractivity contribution in [1.29, 1.82) is 0 Å². The summed E-state index contributed by atoms with van der Waals surface area (Å²) in [6.45, 7) is 2.02. The van der Waals surface area contributed by atoms with Crippen molar-refractivity contribution in [1.82, 2.24) is 0 Å². The Morgan fingerprint density at radius 2 is 0.780 bits per heavy atom. The Morgan fingerprint density at radius 1 is 0.356 bits per heavy atom. The van der Waals surface area contributed by atoms with Crippen LogP contribution in [0.1, 0.15) is 0 Å². The molecule has 276 valence electrons. The molecular weight excluding hydrogens is 732 g/mol. The molecule has 4 heteroatoms. The van der Waals surface area contributed by atoms with Gasteiger partial charge in [0.2, 0.25) is 0 Å². The maximum atomic E-state index is 7.58. The summed E-state index contributed by atoms with van der Waals surface area (Å²) in [6, 6.07) is 75.2. The van der Waals surface area contributed by atoms with Gasteiger partial charge in [-0.3, -0.25) is 0 Å². The van der Waals surface area contributed by atoms with Crippen molar-refractivity contribution in [3.8, 4) is 11.5 Å². The Balaban J connectivity index is 1.26. The number of rotatable bonds is 2. The summed E-state index contributed by atoms with van der Waals surface area (Å²) >= 11 is 0. The molecule has 59 heavy (non-hydrogen) atoms. The Morgan fingerprint density at radius 3 is 1.36 bits per heavy atom. The van der Waals surface area contributed by atoms with Crippen molar-refractivity contribution in [3.63, 3.8) is 0 Å². The molecule has 0 amide bonds. The summed E-state index contributed by atoms with van der Waals surface area (Å²) in [4.78, 5) is 0. The van der Waals surface area contributed by atoms with Crippen molar-refractivity contribution in [2.45, 2.75) is 6.55 Å². The summed E-state index contributed by atoms with van der Waals surface area (Å²) in [7, 11) is -3.03. The Bertz CT molecular complexity index is 3590. The SMILES string of the molecule is C[Si]1(c2ccc3c(c2)c2cccc4c2=c2c(cccc2c2ccccc23)c2ccccc2c2ccccc42)Oc2ccccc2B(c2ccccc2)Oc2ccccc21. The average molecular weight is 769 g/mol. The molecule has 9 aromatic rings. The second-order valence-electron chi connectivity index (χ2n) is 15.9. The van der Waals surface area contributed by atoms with E-state index in [4.69, 9.17) is 9.08 Å². The van der Waals surface area contributed by atoms with Crippen LogP contribution in [-0.2, 0) is 0 Å². The summed E-state index contributed by atoms with van der Waals surface area (Å²) < 4.78 is 14.7. The van der Waals surface area contributed by atoms with Crippen molar-refractivity contribution in [3.05, 3.63) is 217 Å². The molecule has 2 aliphatic carbocycles. The van der Waals surface area contributed by atoms with Crippen LogP contribution in [0.15, 0.2) is 206 Å². The molecule has 12 rings (SSSR count). The lowest BCUT2D eigenvalue weighted by Gasteiger charge is -2.35. The standard InChI is InChI=1S/C55H37BO2Si/c1-59(53-32-14-13-31-52(53)57-56(36-17-3-2-4-18-36)50-29-11-12-30-51(50)58-59)37-33-34-44-40-21-7-10-24-43(40)46-26-15-25-45-41-22-8-5-19-38(41)39-20-6-9-23-42(39)47-27-16-28-48(49(44)35-37)55(47)54(45)46/h2-35H,1H3.